The van der Waals surface area contributed by atoms with Crippen molar-refractivity contribution in [2.24, 2.45) is 0 Å². The van der Waals surface area contributed by atoms with E-state index in [9.17, 15) is 8.42 Å². The molecule has 0 saturated carbocycles. The zero-order valence-corrected chi connectivity index (χ0v) is 15.4. The van der Waals surface area contributed by atoms with E-state index < -0.39 is 10.1 Å². The van der Waals surface area contributed by atoms with Gasteiger partial charge in [-0.25, -0.2) is 0 Å². The Hall–Kier alpha value is -0.780. The zero-order chi connectivity index (χ0) is 17.0. The second-order valence-electron chi connectivity index (χ2n) is 5.15. The molecule has 0 fully saturated rings. The highest BCUT2D eigenvalue weighted by molar-refractivity contribution is 7.85. The minimum atomic E-state index is -3.55. The third-order valence-electron chi connectivity index (χ3n) is 3.31. The van der Waals surface area contributed by atoms with E-state index in [0.717, 1.165) is 17.4 Å². The molecule has 0 heterocycles. The van der Waals surface area contributed by atoms with Crippen LogP contribution in [0.5, 0.6) is 0 Å². The summed E-state index contributed by atoms with van der Waals surface area (Å²) in [7, 11) is -3.55. The number of hydrogen-bond donors (Lipinski definition) is 0. The van der Waals surface area contributed by atoms with Crippen molar-refractivity contribution < 1.29 is 12.6 Å². The van der Waals surface area contributed by atoms with Crippen molar-refractivity contribution in [3.8, 4) is 0 Å². The maximum absolute atomic E-state index is 11.3. The van der Waals surface area contributed by atoms with Gasteiger partial charge in [0.25, 0.3) is 10.1 Å². The van der Waals surface area contributed by atoms with Gasteiger partial charge in [-0.15, -0.1) is 0 Å². The second-order valence-corrected chi connectivity index (χ2v) is 8.04. The summed E-state index contributed by atoms with van der Waals surface area (Å²) in [4.78, 5) is 0. The molecule has 0 bridgehead atoms. The molecule has 0 radical (unpaired) electrons. The minimum absolute atomic E-state index is 0.0224. The summed E-state index contributed by atoms with van der Waals surface area (Å²) >= 11 is 18.4. The first-order chi connectivity index (χ1) is 10.8. The van der Waals surface area contributed by atoms with Crippen molar-refractivity contribution in [3.63, 3.8) is 0 Å². The standard InChI is InChI=1S/C16H15Cl3O3S/c1-23(20,21)22-10-12(8-11-4-2-3-5-15(11)18)14-7-6-13(17)9-16(14)19/h2-7,9,12H,8,10H2,1H3/t12-/m1/s1. The number of hydrogen-bond acceptors (Lipinski definition) is 3. The van der Waals surface area contributed by atoms with Crippen LogP contribution in [0.25, 0.3) is 0 Å². The topological polar surface area (TPSA) is 43.4 Å². The van der Waals surface area contributed by atoms with E-state index >= 15 is 0 Å². The monoisotopic (exact) mass is 392 g/mol. The molecule has 0 spiro atoms. The normalized spacial score (nSPS) is 13.0. The predicted molar refractivity (Wildman–Crippen MR) is 95.2 cm³/mol. The van der Waals surface area contributed by atoms with Gasteiger partial charge in [0.2, 0.25) is 0 Å². The molecule has 0 amide bonds. The van der Waals surface area contributed by atoms with Gasteiger partial charge in [-0.2, -0.15) is 8.42 Å². The smallest absolute Gasteiger partial charge is 0.264 e. The van der Waals surface area contributed by atoms with Crippen LogP contribution < -0.4 is 0 Å². The van der Waals surface area contributed by atoms with Crippen LogP contribution in [-0.2, 0) is 20.7 Å². The van der Waals surface area contributed by atoms with Gasteiger partial charge in [0.1, 0.15) is 0 Å². The molecular formula is C16H15Cl3O3S. The lowest BCUT2D eigenvalue weighted by Gasteiger charge is -2.19. The fourth-order valence-corrected chi connectivity index (χ4v) is 3.41. The third kappa shape index (κ3) is 5.66. The van der Waals surface area contributed by atoms with Crippen molar-refractivity contribution in [2.75, 3.05) is 12.9 Å². The van der Waals surface area contributed by atoms with Crippen LogP contribution in [-0.4, -0.2) is 21.3 Å². The number of rotatable bonds is 6. The summed E-state index contributed by atoms with van der Waals surface area (Å²) in [6.07, 6.45) is 1.51. The van der Waals surface area contributed by atoms with Crippen LogP contribution in [0, 0.1) is 0 Å². The van der Waals surface area contributed by atoms with Crippen LogP contribution in [0.15, 0.2) is 42.5 Å². The summed E-state index contributed by atoms with van der Waals surface area (Å²) < 4.78 is 27.6. The zero-order valence-electron chi connectivity index (χ0n) is 12.3. The predicted octanol–water partition coefficient (Wildman–Crippen LogP) is 4.95. The molecule has 23 heavy (non-hydrogen) atoms. The SMILES string of the molecule is CS(=O)(=O)OC[C@@H](Cc1ccccc1Cl)c1ccc(Cl)cc1Cl. The Morgan fingerprint density at radius 3 is 2.35 bits per heavy atom. The Labute approximate surface area is 151 Å². The summed E-state index contributed by atoms with van der Waals surface area (Å²) in [5.41, 5.74) is 1.65. The summed E-state index contributed by atoms with van der Waals surface area (Å²) in [6.45, 7) is -0.0224. The van der Waals surface area contributed by atoms with Gasteiger partial charge in [-0.1, -0.05) is 59.1 Å². The molecule has 0 saturated heterocycles. The maximum atomic E-state index is 11.3. The molecule has 2 rings (SSSR count). The molecule has 0 N–H and O–H groups in total. The molecule has 2 aromatic carbocycles. The Kier molecular flexibility index (Phi) is 6.34. The van der Waals surface area contributed by atoms with E-state index in [2.05, 4.69) is 0 Å². The molecule has 0 aliphatic rings. The Morgan fingerprint density at radius 2 is 1.74 bits per heavy atom. The fraction of sp³-hybridized carbons (Fsp3) is 0.250. The Balaban J connectivity index is 2.33. The molecule has 0 unspecified atom stereocenters. The fourth-order valence-electron chi connectivity index (χ4n) is 2.23. The van der Waals surface area contributed by atoms with E-state index in [0.29, 0.717) is 21.5 Å². The first kappa shape index (κ1) is 18.6. The summed E-state index contributed by atoms with van der Waals surface area (Å²) in [5.74, 6) is -0.269. The lowest BCUT2D eigenvalue weighted by molar-refractivity contribution is 0.293. The largest absolute Gasteiger partial charge is 0.270 e. The van der Waals surface area contributed by atoms with Crippen LogP contribution in [0.1, 0.15) is 17.0 Å². The van der Waals surface area contributed by atoms with E-state index in [1.165, 1.54) is 0 Å². The molecule has 2 aromatic rings. The highest BCUT2D eigenvalue weighted by atomic mass is 35.5. The maximum Gasteiger partial charge on any atom is 0.264 e. The molecule has 1 atom stereocenters. The van der Waals surface area contributed by atoms with Gasteiger partial charge < -0.3 is 0 Å². The molecule has 124 valence electrons. The van der Waals surface area contributed by atoms with Crippen molar-refractivity contribution in [2.45, 2.75) is 12.3 Å². The van der Waals surface area contributed by atoms with E-state index in [1.807, 2.05) is 18.2 Å². The average molecular weight is 394 g/mol. The number of benzene rings is 2. The Morgan fingerprint density at radius 1 is 1.04 bits per heavy atom. The lowest BCUT2D eigenvalue weighted by atomic mass is 9.92. The van der Waals surface area contributed by atoms with E-state index in [4.69, 9.17) is 39.0 Å². The molecule has 3 nitrogen and oxygen atoms in total. The van der Waals surface area contributed by atoms with Crippen molar-refractivity contribution in [3.05, 3.63) is 68.7 Å². The molecule has 0 aromatic heterocycles. The van der Waals surface area contributed by atoms with Gasteiger partial charge in [0.05, 0.1) is 12.9 Å². The van der Waals surface area contributed by atoms with Crippen LogP contribution in [0.4, 0.5) is 0 Å². The first-order valence-corrected chi connectivity index (χ1v) is 9.74. The van der Waals surface area contributed by atoms with Gasteiger partial charge in [-0.05, 0) is 35.7 Å². The van der Waals surface area contributed by atoms with Gasteiger partial charge in [0, 0.05) is 21.0 Å². The van der Waals surface area contributed by atoms with Crippen LogP contribution in [0.3, 0.4) is 0 Å². The molecule has 7 heteroatoms. The average Bonchev–Trinajstić information content (AvgIpc) is 2.45. The van der Waals surface area contributed by atoms with E-state index in [-0.39, 0.29) is 12.5 Å². The molecule has 0 aliphatic carbocycles. The molecule has 0 aliphatic heterocycles. The third-order valence-corrected chi connectivity index (χ3v) is 4.81. The summed E-state index contributed by atoms with van der Waals surface area (Å²) in [5, 5.41) is 1.59. The highest BCUT2D eigenvalue weighted by Gasteiger charge is 2.19. The summed E-state index contributed by atoms with van der Waals surface area (Å²) in [6, 6.07) is 12.5. The van der Waals surface area contributed by atoms with Crippen molar-refractivity contribution in [1.82, 2.24) is 0 Å². The minimum Gasteiger partial charge on any atom is -0.270 e. The van der Waals surface area contributed by atoms with Gasteiger partial charge in [-0.3, -0.25) is 4.18 Å². The van der Waals surface area contributed by atoms with Crippen LogP contribution in [0.2, 0.25) is 15.1 Å². The second kappa shape index (κ2) is 7.86. The van der Waals surface area contributed by atoms with Gasteiger partial charge in [0.15, 0.2) is 0 Å². The Bertz CT molecular complexity index is 791. The quantitative estimate of drug-likeness (QED) is 0.652. The first-order valence-electron chi connectivity index (χ1n) is 6.79. The van der Waals surface area contributed by atoms with Crippen molar-refractivity contribution >= 4 is 44.9 Å². The lowest BCUT2D eigenvalue weighted by Crippen LogP contribution is -2.15. The molecular weight excluding hydrogens is 379 g/mol. The van der Waals surface area contributed by atoms with E-state index in [1.54, 1.807) is 24.3 Å². The van der Waals surface area contributed by atoms with Crippen molar-refractivity contribution in [1.29, 1.82) is 0 Å². The highest BCUT2D eigenvalue weighted by Crippen LogP contribution is 2.32. The number of halogens is 3. The van der Waals surface area contributed by atoms with Gasteiger partial charge >= 0.3 is 0 Å². The van der Waals surface area contributed by atoms with Crippen LogP contribution >= 0.6 is 34.8 Å².